The van der Waals surface area contributed by atoms with E-state index in [-0.39, 0.29) is 11.5 Å². The average Bonchev–Trinajstić information content (AvgIpc) is 2.35. The quantitative estimate of drug-likeness (QED) is 0.813. The first-order chi connectivity index (χ1) is 8.97. The lowest BCUT2D eigenvalue weighted by Crippen LogP contribution is -2.16. The topological polar surface area (TPSA) is 80.9 Å². The minimum atomic E-state index is -1.41. The molecule has 1 amide bonds. The van der Waals surface area contributed by atoms with Crippen LogP contribution in [0, 0.1) is 17.5 Å². The van der Waals surface area contributed by atoms with Crippen LogP contribution in [0.25, 0.3) is 0 Å². The van der Waals surface area contributed by atoms with Crippen molar-refractivity contribution in [3.8, 4) is 0 Å². The van der Waals surface area contributed by atoms with E-state index < -0.39 is 29.0 Å². The zero-order valence-electron chi connectivity index (χ0n) is 9.32. The number of rotatable bonds is 2. The number of carbonyl (C=O) groups is 1. The lowest BCUT2D eigenvalue weighted by atomic mass is 10.2. The summed E-state index contributed by atoms with van der Waals surface area (Å²) in [4.78, 5) is 18.9. The van der Waals surface area contributed by atoms with E-state index in [4.69, 9.17) is 5.73 Å². The van der Waals surface area contributed by atoms with E-state index in [1.807, 2.05) is 5.32 Å². The van der Waals surface area contributed by atoms with Crippen molar-refractivity contribution in [1.82, 2.24) is 9.97 Å². The maximum Gasteiger partial charge on any atom is 0.276 e. The molecular formula is C11H7F3N4O. The van der Waals surface area contributed by atoms with Gasteiger partial charge in [-0.2, -0.15) is 0 Å². The van der Waals surface area contributed by atoms with Gasteiger partial charge in [-0.3, -0.25) is 9.78 Å². The predicted octanol–water partition coefficient (Wildman–Crippen LogP) is 1.73. The molecule has 0 unspecified atom stereocenters. The Labute approximate surface area is 105 Å². The van der Waals surface area contributed by atoms with Crippen molar-refractivity contribution in [3.05, 3.63) is 47.7 Å². The van der Waals surface area contributed by atoms with Crippen LogP contribution >= 0.6 is 0 Å². The van der Waals surface area contributed by atoms with Gasteiger partial charge in [-0.1, -0.05) is 0 Å². The minimum absolute atomic E-state index is 0.0152. The van der Waals surface area contributed by atoms with Crippen LogP contribution in [-0.2, 0) is 0 Å². The Morgan fingerprint density at radius 2 is 1.95 bits per heavy atom. The molecule has 0 aliphatic carbocycles. The number of anilines is 2. The highest BCUT2D eigenvalue weighted by Gasteiger charge is 2.15. The fourth-order valence-corrected chi connectivity index (χ4v) is 1.32. The van der Waals surface area contributed by atoms with Gasteiger partial charge in [0.2, 0.25) is 0 Å². The highest BCUT2D eigenvalue weighted by Crippen LogP contribution is 2.19. The lowest BCUT2D eigenvalue weighted by Gasteiger charge is -2.06. The number of carbonyl (C=O) groups excluding carboxylic acids is 1. The number of hydrogen-bond donors (Lipinski definition) is 2. The van der Waals surface area contributed by atoms with Crippen LogP contribution in [0.5, 0.6) is 0 Å². The van der Waals surface area contributed by atoms with Gasteiger partial charge >= 0.3 is 0 Å². The van der Waals surface area contributed by atoms with Gasteiger partial charge in [0.05, 0.1) is 18.1 Å². The van der Waals surface area contributed by atoms with Crippen molar-refractivity contribution < 1.29 is 18.0 Å². The van der Waals surface area contributed by atoms with E-state index in [1.165, 1.54) is 6.20 Å². The summed E-state index contributed by atoms with van der Waals surface area (Å²) >= 11 is 0. The van der Waals surface area contributed by atoms with E-state index in [0.29, 0.717) is 12.1 Å². The SMILES string of the molecule is Nc1cncc(C(=O)Nc2cc(F)cc(F)c2F)n1. The Balaban J connectivity index is 2.29. The first-order valence-corrected chi connectivity index (χ1v) is 5.01. The summed E-state index contributed by atoms with van der Waals surface area (Å²) in [6.45, 7) is 0. The summed E-state index contributed by atoms with van der Waals surface area (Å²) < 4.78 is 39.2. The molecule has 0 radical (unpaired) electrons. The smallest absolute Gasteiger partial charge is 0.276 e. The number of hydrogen-bond acceptors (Lipinski definition) is 4. The van der Waals surface area contributed by atoms with E-state index in [9.17, 15) is 18.0 Å². The van der Waals surface area contributed by atoms with Gasteiger partial charge in [-0.25, -0.2) is 18.2 Å². The Morgan fingerprint density at radius 1 is 1.21 bits per heavy atom. The van der Waals surface area contributed by atoms with Crippen molar-refractivity contribution >= 4 is 17.4 Å². The molecule has 0 fully saturated rings. The summed E-state index contributed by atoms with van der Waals surface area (Å²) in [6.07, 6.45) is 2.29. The summed E-state index contributed by atoms with van der Waals surface area (Å²) in [7, 11) is 0. The maximum atomic E-state index is 13.3. The molecule has 2 aromatic rings. The van der Waals surface area contributed by atoms with Crippen molar-refractivity contribution in [2.24, 2.45) is 0 Å². The number of nitrogens with two attached hydrogens (primary N) is 1. The maximum absolute atomic E-state index is 13.3. The molecule has 1 aromatic carbocycles. The Bertz CT molecular complexity index is 648. The predicted molar refractivity (Wildman–Crippen MR) is 60.7 cm³/mol. The third kappa shape index (κ3) is 2.79. The molecule has 0 saturated heterocycles. The number of nitrogens with zero attached hydrogens (tertiary/aromatic N) is 2. The third-order valence-corrected chi connectivity index (χ3v) is 2.13. The summed E-state index contributed by atoms with van der Waals surface area (Å²) in [5.41, 5.74) is 4.48. The van der Waals surface area contributed by atoms with Crippen molar-refractivity contribution in [1.29, 1.82) is 0 Å². The van der Waals surface area contributed by atoms with Crippen LogP contribution in [0.4, 0.5) is 24.7 Å². The summed E-state index contributed by atoms with van der Waals surface area (Å²) in [5.74, 6) is -4.70. The fraction of sp³-hybridized carbons (Fsp3) is 0. The molecule has 19 heavy (non-hydrogen) atoms. The van der Waals surface area contributed by atoms with Crippen molar-refractivity contribution in [2.75, 3.05) is 11.1 Å². The van der Waals surface area contributed by atoms with Gasteiger partial charge in [0.25, 0.3) is 5.91 Å². The highest BCUT2D eigenvalue weighted by molar-refractivity contribution is 6.02. The van der Waals surface area contributed by atoms with Crippen LogP contribution in [0.15, 0.2) is 24.5 Å². The molecule has 98 valence electrons. The van der Waals surface area contributed by atoms with Gasteiger partial charge in [0.15, 0.2) is 11.6 Å². The van der Waals surface area contributed by atoms with Gasteiger partial charge in [-0.15, -0.1) is 0 Å². The fourth-order valence-electron chi connectivity index (χ4n) is 1.32. The minimum Gasteiger partial charge on any atom is -0.382 e. The molecule has 2 rings (SSSR count). The van der Waals surface area contributed by atoms with E-state index in [1.54, 1.807) is 0 Å². The second-order valence-electron chi connectivity index (χ2n) is 3.53. The third-order valence-electron chi connectivity index (χ3n) is 2.13. The summed E-state index contributed by atoms with van der Waals surface area (Å²) in [5, 5.41) is 1.98. The highest BCUT2D eigenvalue weighted by atomic mass is 19.2. The second-order valence-corrected chi connectivity index (χ2v) is 3.53. The standard InChI is InChI=1S/C11H7F3N4O/c12-5-1-6(13)10(14)7(2-5)18-11(19)8-3-16-4-9(15)17-8/h1-4H,(H2,15,17)(H,18,19). The van der Waals surface area contributed by atoms with Gasteiger partial charge in [-0.05, 0) is 0 Å². The average molecular weight is 268 g/mol. The monoisotopic (exact) mass is 268 g/mol. The zero-order valence-corrected chi connectivity index (χ0v) is 9.32. The van der Waals surface area contributed by atoms with Gasteiger partial charge in [0.1, 0.15) is 17.3 Å². The molecule has 0 aliphatic heterocycles. The van der Waals surface area contributed by atoms with Crippen LogP contribution in [0.2, 0.25) is 0 Å². The van der Waals surface area contributed by atoms with E-state index in [2.05, 4.69) is 9.97 Å². The molecule has 1 heterocycles. The number of aromatic nitrogens is 2. The molecule has 0 saturated carbocycles. The number of nitrogens with one attached hydrogen (secondary N) is 1. The molecule has 0 atom stereocenters. The first kappa shape index (κ1) is 12.8. The molecular weight excluding hydrogens is 261 g/mol. The molecule has 3 N–H and O–H groups in total. The van der Waals surface area contributed by atoms with E-state index >= 15 is 0 Å². The number of nitrogen functional groups attached to an aromatic ring is 1. The van der Waals surface area contributed by atoms with E-state index in [0.717, 1.165) is 6.20 Å². The second kappa shape index (κ2) is 4.92. The van der Waals surface area contributed by atoms with Crippen LogP contribution < -0.4 is 11.1 Å². The molecule has 0 spiro atoms. The Hall–Kier alpha value is -2.64. The Morgan fingerprint density at radius 3 is 2.63 bits per heavy atom. The van der Waals surface area contributed by atoms with Crippen LogP contribution in [-0.4, -0.2) is 15.9 Å². The normalized spacial score (nSPS) is 10.3. The molecule has 0 bridgehead atoms. The molecule has 8 heteroatoms. The Kier molecular flexibility index (Phi) is 3.32. The van der Waals surface area contributed by atoms with Crippen LogP contribution in [0.1, 0.15) is 10.5 Å². The number of halogens is 3. The van der Waals surface area contributed by atoms with Crippen molar-refractivity contribution in [2.45, 2.75) is 0 Å². The lowest BCUT2D eigenvalue weighted by molar-refractivity contribution is 0.102. The first-order valence-electron chi connectivity index (χ1n) is 5.01. The van der Waals surface area contributed by atoms with Gasteiger partial charge < -0.3 is 11.1 Å². The number of benzene rings is 1. The largest absolute Gasteiger partial charge is 0.382 e. The van der Waals surface area contributed by atoms with Gasteiger partial charge in [0, 0.05) is 12.1 Å². The van der Waals surface area contributed by atoms with Crippen molar-refractivity contribution in [3.63, 3.8) is 0 Å². The zero-order chi connectivity index (χ0) is 14.0. The molecule has 1 aromatic heterocycles. The molecule has 5 nitrogen and oxygen atoms in total. The van der Waals surface area contributed by atoms with Crippen LogP contribution in [0.3, 0.4) is 0 Å². The summed E-state index contributed by atoms with van der Waals surface area (Å²) in [6, 6.07) is 1.02. The molecule has 0 aliphatic rings. The number of amides is 1.